The summed E-state index contributed by atoms with van der Waals surface area (Å²) in [5.41, 5.74) is 0. The zero-order chi connectivity index (χ0) is 8.27. The summed E-state index contributed by atoms with van der Waals surface area (Å²) in [6, 6.07) is 0.724. The fourth-order valence-electron chi connectivity index (χ4n) is 1.14. The fraction of sp³-hybridized carbons (Fsp3) is 0.889. The molecule has 0 spiro atoms. The predicted molar refractivity (Wildman–Crippen MR) is 48.7 cm³/mol. The molecular formula is C9H18N2. The van der Waals surface area contributed by atoms with E-state index in [1.165, 1.54) is 19.3 Å². The fourth-order valence-corrected chi connectivity index (χ4v) is 1.14. The van der Waals surface area contributed by atoms with Crippen molar-refractivity contribution in [3.63, 3.8) is 0 Å². The van der Waals surface area contributed by atoms with Crippen molar-refractivity contribution in [2.45, 2.75) is 39.2 Å². The molecule has 0 saturated heterocycles. The zero-order valence-corrected chi connectivity index (χ0v) is 7.58. The van der Waals surface area contributed by atoms with E-state index in [2.05, 4.69) is 30.7 Å². The van der Waals surface area contributed by atoms with Gasteiger partial charge in [0.1, 0.15) is 0 Å². The van der Waals surface area contributed by atoms with Gasteiger partial charge in [-0.3, -0.25) is 5.01 Å². The molecule has 0 bridgehead atoms. The molecule has 2 heteroatoms. The third kappa shape index (κ3) is 2.52. The van der Waals surface area contributed by atoms with Crippen molar-refractivity contribution in [2.24, 2.45) is 11.0 Å². The predicted octanol–water partition coefficient (Wildman–Crippen LogP) is 2.11. The minimum Gasteiger partial charge on any atom is -0.294 e. The van der Waals surface area contributed by atoms with Crippen LogP contribution in [0.25, 0.3) is 0 Å². The summed E-state index contributed by atoms with van der Waals surface area (Å²) in [7, 11) is 0. The monoisotopic (exact) mass is 154 g/mol. The van der Waals surface area contributed by atoms with Crippen LogP contribution >= 0.6 is 0 Å². The molecule has 0 aromatic carbocycles. The summed E-state index contributed by atoms with van der Waals surface area (Å²) in [6.45, 7) is 9.16. The van der Waals surface area contributed by atoms with Crippen molar-refractivity contribution in [1.82, 2.24) is 5.01 Å². The van der Waals surface area contributed by atoms with Gasteiger partial charge in [0.15, 0.2) is 0 Å². The largest absolute Gasteiger partial charge is 0.294 e. The molecule has 1 rings (SSSR count). The normalized spacial score (nSPS) is 19.5. The minimum absolute atomic E-state index is 0.724. The minimum atomic E-state index is 0.724. The molecule has 0 radical (unpaired) electrons. The van der Waals surface area contributed by atoms with Crippen molar-refractivity contribution < 1.29 is 0 Å². The first kappa shape index (κ1) is 8.57. The van der Waals surface area contributed by atoms with Crippen LogP contribution in [0.3, 0.4) is 0 Å². The molecule has 1 fully saturated rings. The number of hydrogen-bond donors (Lipinski definition) is 0. The lowest BCUT2D eigenvalue weighted by Gasteiger charge is -2.21. The third-order valence-electron chi connectivity index (χ3n) is 2.35. The highest BCUT2D eigenvalue weighted by molar-refractivity contribution is 5.22. The van der Waals surface area contributed by atoms with Crippen LogP contribution in [0.2, 0.25) is 0 Å². The maximum Gasteiger partial charge on any atom is 0.0472 e. The lowest BCUT2D eigenvalue weighted by Crippen LogP contribution is -2.24. The van der Waals surface area contributed by atoms with Crippen LogP contribution in [0.5, 0.6) is 0 Å². The quantitative estimate of drug-likeness (QED) is 0.437. The van der Waals surface area contributed by atoms with E-state index in [1.807, 2.05) is 0 Å². The highest BCUT2D eigenvalue weighted by Gasteiger charge is 2.28. The summed E-state index contributed by atoms with van der Waals surface area (Å²) < 4.78 is 0. The van der Waals surface area contributed by atoms with E-state index in [-0.39, 0.29) is 0 Å². The van der Waals surface area contributed by atoms with Crippen molar-refractivity contribution in [3.8, 4) is 0 Å². The molecule has 1 aliphatic carbocycles. The number of hydrogen-bond acceptors (Lipinski definition) is 2. The molecule has 0 amide bonds. The second kappa shape index (κ2) is 3.74. The van der Waals surface area contributed by atoms with Gasteiger partial charge in [-0.1, -0.05) is 20.3 Å². The van der Waals surface area contributed by atoms with E-state index in [0.29, 0.717) is 0 Å². The maximum absolute atomic E-state index is 4.02. The van der Waals surface area contributed by atoms with Crippen LogP contribution in [-0.4, -0.2) is 24.3 Å². The van der Waals surface area contributed by atoms with Crippen LogP contribution in [-0.2, 0) is 0 Å². The molecule has 0 aliphatic heterocycles. The molecule has 0 N–H and O–H groups in total. The Labute approximate surface area is 69.3 Å². The van der Waals surface area contributed by atoms with Gasteiger partial charge < -0.3 is 0 Å². The van der Waals surface area contributed by atoms with Crippen LogP contribution in [0.4, 0.5) is 0 Å². The van der Waals surface area contributed by atoms with E-state index in [0.717, 1.165) is 18.5 Å². The van der Waals surface area contributed by atoms with Gasteiger partial charge in [-0.15, -0.1) is 0 Å². The Bertz CT molecular complexity index is 130. The molecule has 0 aromatic heterocycles. The first-order chi connectivity index (χ1) is 5.27. The van der Waals surface area contributed by atoms with Crippen LogP contribution in [0, 0.1) is 5.92 Å². The van der Waals surface area contributed by atoms with E-state index >= 15 is 0 Å². The van der Waals surface area contributed by atoms with Crippen molar-refractivity contribution >= 4 is 6.72 Å². The molecule has 1 unspecified atom stereocenters. The Morgan fingerprint density at radius 3 is 2.64 bits per heavy atom. The highest BCUT2D eigenvalue weighted by Crippen LogP contribution is 2.27. The molecule has 1 aliphatic rings. The highest BCUT2D eigenvalue weighted by atomic mass is 15.5. The molecule has 0 heterocycles. The lowest BCUT2D eigenvalue weighted by atomic mass is 10.1. The molecule has 1 saturated carbocycles. The maximum atomic E-state index is 4.02. The summed E-state index contributed by atoms with van der Waals surface area (Å²) in [6.07, 6.45) is 3.86. The number of hydrazone groups is 1. The smallest absolute Gasteiger partial charge is 0.0472 e. The number of rotatable bonds is 5. The summed E-state index contributed by atoms with van der Waals surface area (Å²) in [5.74, 6) is 0.751. The van der Waals surface area contributed by atoms with Gasteiger partial charge >= 0.3 is 0 Å². The Kier molecular flexibility index (Phi) is 2.92. The molecule has 1 atom stereocenters. The Hall–Kier alpha value is -0.530. The van der Waals surface area contributed by atoms with Gasteiger partial charge in [-0.05, 0) is 18.8 Å². The second-order valence-corrected chi connectivity index (χ2v) is 3.51. The average Bonchev–Trinajstić information content (AvgIpc) is 2.82. The standard InChI is InChI=1S/C9H18N2/c1-4-8(2)7-11(10-3)9-5-6-9/h8-9H,3-7H2,1-2H3. The topological polar surface area (TPSA) is 15.6 Å². The Morgan fingerprint density at radius 1 is 1.64 bits per heavy atom. The van der Waals surface area contributed by atoms with E-state index in [1.54, 1.807) is 0 Å². The van der Waals surface area contributed by atoms with Crippen molar-refractivity contribution in [3.05, 3.63) is 0 Å². The third-order valence-corrected chi connectivity index (χ3v) is 2.35. The van der Waals surface area contributed by atoms with Gasteiger partial charge in [0, 0.05) is 19.3 Å². The van der Waals surface area contributed by atoms with Gasteiger partial charge in [-0.2, -0.15) is 5.10 Å². The van der Waals surface area contributed by atoms with E-state index in [4.69, 9.17) is 0 Å². The molecular weight excluding hydrogens is 136 g/mol. The Morgan fingerprint density at radius 2 is 2.27 bits per heavy atom. The zero-order valence-electron chi connectivity index (χ0n) is 7.58. The van der Waals surface area contributed by atoms with Gasteiger partial charge in [0.05, 0.1) is 0 Å². The second-order valence-electron chi connectivity index (χ2n) is 3.51. The average molecular weight is 154 g/mol. The molecule has 64 valence electrons. The van der Waals surface area contributed by atoms with Crippen LogP contribution in [0.15, 0.2) is 5.10 Å². The molecule has 0 aromatic rings. The SMILES string of the molecule is C=NN(CC(C)CC)C1CC1. The van der Waals surface area contributed by atoms with Gasteiger partial charge in [0.25, 0.3) is 0 Å². The summed E-state index contributed by atoms with van der Waals surface area (Å²) in [5, 5.41) is 6.17. The molecule has 11 heavy (non-hydrogen) atoms. The van der Waals surface area contributed by atoms with Crippen molar-refractivity contribution in [1.29, 1.82) is 0 Å². The van der Waals surface area contributed by atoms with Crippen LogP contribution < -0.4 is 0 Å². The molecule has 2 nitrogen and oxygen atoms in total. The van der Waals surface area contributed by atoms with E-state index in [9.17, 15) is 0 Å². The van der Waals surface area contributed by atoms with Crippen molar-refractivity contribution in [2.75, 3.05) is 6.54 Å². The van der Waals surface area contributed by atoms with E-state index < -0.39 is 0 Å². The van der Waals surface area contributed by atoms with Gasteiger partial charge in [-0.25, -0.2) is 0 Å². The first-order valence-electron chi connectivity index (χ1n) is 4.51. The summed E-state index contributed by atoms with van der Waals surface area (Å²) in [4.78, 5) is 0. The Balaban J connectivity index is 2.24. The van der Waals surface area contributed by atoms with Gasteiger partial charge in [0.2, 0.25) is 0 Å². The first-order valence-corrected chi connectivity index (χ1v) is 4.51. The van der Waals surface area contributed by atoms with Crippen LogP contribution in [0.1, 0.15) is 33.1 Å². The lowest BCUT2D eigenvalue weighted by molar-refractivity contribution is 0.237. The summed E-state index contributed by atoms with van der Waals surface area (Å²) >= 11 is 0. The number of nitrogens with zero attached hydrogens (tertiary/aromatic N) is 2.